The van der Waals surface area contributed by atoms with Gasteiger partial charge in [0.05, 0.1) is 5.02 Å². The van der Waals surface area contributed by atoms with Gasteiger partial charge in [0.15, 0.2) is 0 Å². The fraction of sp³-hybridized carbons (Fsp3) is 0.341. The zero-order valence-corrected chi connectivity index (χ0v) is 30.2. The summed E-state index contributed by atoms with van der Waals surface area (Å²) in [4.78, 5) is 12.6. The van der Waals surface area contributed by atoms with E-state index in [1.165, 1.54) is 57.4 Å². The zero-order chi connectivity index (χ0) is 35.4. The third-order valence-electron chi connectivity index (χ3n) is 7.71. The van der Waals surface area contributed by atoms with E-state index in [0.29, 0.717) is 17.2 Å². The Bertz CT molecular complexity index is 1490. The minimum Gasteiger partial charge on any atom is -0.508 e. The summed E-state index contributed by atoms with van der Waals surface area (Å²) in [5, 5.41) is 20.6. The third-order valence-corrected chi connectivity index (χ3v) is 8.01. The lowest BCUT2D eigenvalue weighted by atomic mass is 9.99. The van der Waals surface area contributed by atoms with Gasteiger partial charge in [0.25, 0.3) is 0 Å². The van der Waals surface area contributed by atoms with E-state index in [1.54, 1.807) is 30.4 Å². The van der Waals surface area contributed by atoms with Crippen molar-refractivity contribution in [1.82, 2.24) is 0 Å². The van der Waals surface area contributed by atoms with Gasteiger partial charge >= 0.3 is 5.97 Å². The van der Waals surface area contributed by atoms with Crippen LogP contribution in [0.4, 0.5) is 0 Å². The fourth-order valence-electron chi connectivity index (χ4n) is 5.09. The molecule has 49 heavy (non-hydrogen) atoms. The Morgan fingerprint density at radius 2 is 1.14 bits per heavy atom. The zero-order valence-electron chi connectivity index (χ0n) is 29.4. The van der Waals surface area contributed by atoms with Gasteiger partial charge in [-0.15, -0.1) is 0 Å². The summed E-state index contributed by atoms with van der Waals surface area (Å²) in [6.07, 6.45) is 44.6. The highest BCUT2D eigenvalue weighted by Gasteiger charge is 2.14. The first-order valence-corrected chi connectivity index (χ1v) is 18.2. The largest absolute Gasteiger partial charge is 0.508 e. The van der Waals surface area contributed by atoms with Gasteiger partial charge in [-0.2, -0.15) is 0 Å². The standard InChI is InChI=1S/C44H55ClO4/c1-3-5-6-7-8-9-17-20-23-26-30-39-42(47)35-38(28-4-2)36-43(39)49-44(48)31-27-24-21-18-15-13-11-10-12-14-16-19-22-25-29-37-32-33-41(46)40(45)34-37/h10-16,18-19,21-22,24-25,27,29,31-36,46-47H,3-9,17,20,23,26,28,30H2,1-2H3. The van der Waals surface area contributed by atoms with Crippen molar-refractivity contribution in [2.24, 2.45) is 0 Å². The SMILES string of the molecule is CCCCCCCCCCCCc1c(O)cc(CCC)cc1OC(=O)C=CC=CC=CC=CC=CC=CC=CC=Cc1ccc(O)c(Cl)c1. The topological polar surface area (TPSA) is 66.8 Å². The number of esters is 1. The summed E-state index contributed by atoms with van der Waals surface area (Å²) >= 11 is 5.91. The molecule has 2 aromatic rings. The van der Waals surface area contributed by atoms with Crippen LogP contribution in [0.2, 0.25) is 5.02 Å². The number of hydrogen-bond acceptors (Lipinski definition) is 4. The van der Waals surface area contributed by atoms with Crippen LogP contribution in [0.25, 0.3) is 6.08 Å². The Labute approximate surface area is 300 Å². The van der Waals surface area contributed by atoms with Crippen molar-refractivity contribution in [3.63, 3.8) is 0 Å². The first-order valence-electron chi connectivity index (χ1n) is 17.8. The van der Waals surface area contributed by atoms with Gasteiger partial charge in [-0.05, 0) is 54.7 Å². The molecule has 0 amide bonds. The number of benzene rings is 2. The van der Waals surface area contributed by atoms with Crippen LogP contribution in [0.5, 0.6) is 17.2 Å². The van der Waals surface area contributed by atoms with Crippen molar-refractivity contribution in [2.45, 2.75) is 97.3 Å². The normalized spacial score (nSPS) is 12.6. The smallest absolute Gasteiger partial charge is 0.336 e. The van der Waals surface area contributed by atoms with Gasteiger partial charge in [-0.3, -0.25) is 0 Å². The number of unbranched alkanes of at least 4 members (excludes halogenated alkanes) is 9. The highest BCUT2D eigenvalue weighted by Crippen LogP contribution is 2.32. The minimum atomic E-state index is -0.461. The predicted octanol–water partition coefficient (Wildman–Crippen LogP) is 12.7. The number of halogens is 1. The van der Waals surface area contributed by atoms with E-state index in [4.69, 9.17) is 16.3 Å². The predicted molar refractivity (Wildman–Crippen MR) is 209 cm³/mol. The maximum Gasteiger partial charge on any atom is 0.336 e. The molecule has 5 heteroatoms. The Morgan fingerprint density at radius 3 is 1.69 bits per heavy atom. The van der Waals surface area contributed by atoms with E-state index in [2.05, 4.69) is 13.8 Å². The number of carbonyl (C=O) groups is 1. The van der Waals surface area contributed by atoms with E-state index in [1.807, 2.05) is 91.1 Å². The number of allylic oxidation sites excluding steroid dienone is 14. The number of phenolic OH excluding ortho intramolecular Hbond substituents is 2. The maximum atomic E-state index is 12.6. The van der Waals surface area contributed by atoms with Crippen LogP contribution in [-0.4, -0.2) is 16.2 Å². The highest BCUT2D eigenvalue weighted by atomic mass is 35.5. The molecule has 0 aliphatic heterocycles. The summed E-state index contributed by atoms with van der Waals surface area (Å²) < 4.78 is 5.72. The molecule has 0 fully saturated rings. The third kappa shape index (κ3) is 19.3. The molecular weight excluding hydrogens is 628 g/mol. The molecule has 0 aromatic heterocycles. The Balaban J connectivity index is 1.74. The quantitative estimate of drug-likeness (QED) is 0.0402. The first-order chi connectivity index (χ1) is 23.9. The Kier molecular flexibility index (Phi) is 22.2. The molecule has 0 heterocycles. The first kappa shape index (κ1) is 40.9. The summed E-state index contributed by atoms with van der Waals surface area (Å²) in [6, 6.07) is 8.80. The van der Waals surface area contributed by atoms with Crippen molar-refractivity contribution in [2.75, 3.05) is 0 Å². The molecule has 2 rings (SSSR count). The lowest BCUT2D eigenvalue weighted by Gasteiger charge is -2.13. The van der Waals surface area contributed by atoms with Gasteiger partial charge in [0.2, 0.25) is 0 Å². The molecule has 2 N–H and O–H groups in total. The van der Waals surface area contributed by atoms with Crippen LogP contribution in [0.15, 0.2) is 121 Å². The van der Waals surface area contributed by atoms with Gasteiger partial charge in [0, 0.05) is 11.6 Å². The Morgan fingerprint density at radius 1 is 0.612 bits per heavy atom. The maximum absolute atomic E-state index is 12.6. The molecule has 4 nitrogen and oxygen atoms in total. The number of aryl methyl sites for hydroxylation is 1. The molecule has 262 valence electrons. The summed E-state index contributed by atoms with van der Waals surface area (Å²) in [7, 11) is 0. The number of carbonyl (C=O) groups excluding carboxylic acids is 1. The van der Waals surface area contributed by atoms with Crippen LogP contribution in [0, 0.1) is 0 Å². The van der Waals surface area contributed by atoms with E-state index in [-0.39, 0.29) is 11.5 Å². The molecule has 0 aliphatic rings. The van der Waals surface area contributed by atoms with Gasteiger partial charge in [-0.1, -0.05) is 187 Å². The van der Waals surface area contributed by atoms with Gasteiger partial charge in [-0.25, -0.2) is 4.79 Å². The average molecular weight is 683 g/mol. The van der Waals surface area contributed by atoms with Crippen LogP contribution in [-0.2, 0) is 17.6 Å². The van der Waals surface area contributed by atoms with Crippen LogP contribution >= 0.6 is 11.6 Å². The number of phenols is 2. The number of aromatic hydroxyl groups is 2. The van der Waals surface area contributed by atoms with Crippen LogP contribution in [0.1, 0.15) is 101 Å². The lowest BCUT2D eigenvalue weighted by Crippen LogP contribution is -2.07. The summed E-state index contributed by atoms with van der Waals surface area (Å²) in [6.45, 7) is 4.34. The minimum absolute atomic E-state index is 0.0764. The monoisotopic (exact) mass is 682 g/mol. The van der Waals surface area contributed by atoms with E-state index in [0.717, 1.165) is 42.4 Å². The van der Waals surface area contributed by atoms with Crippen molar-refractivity contribution in [3.05, 3.63) is 143 Å². The van der Waals surface area contributed by atoms with Crippen LogP contribution < -0.4 is 4.74 Å². The number of ether oxygens (including phenoxy) is 1. The molecular formula is C44H55ClO4. The molecule has 0 unspecified atom stereocenters. The second-order valence-electron chi connectivity index (χ2n) is 11.9. The molecule has 0 spiro atoms. The second kappa shape index (κ2) is 26.6. The average Bonchev–Trinajstić information content (AvgIpc) is 3.08. The molecule has 0 bridgehead atoms. The molecule has 0 aliphatic carbocycles. The van der Waals surface area contributed by atoms with Crippen molar-refractivity contribution >= 4 is 23.6 Å². The fourth-order valence-corrected chi connectivity index (χ4v) is 5.28. The summed E-state index contributed by atoms with van der Waals surface area (Å²) in [5.41, 5.74) is 2.61. The molecule has 0 radical (unpaired) electrons. The van der Waals surface area contributed by atoms with Crippen LogP contribution in [0.3, 0.4) is 0 Å². The van der Waals surface area contributed by atoms with Gasteiger partial charge in [0.1, 0.15) is 17.2 Å². The van der Waals surface area contributed by atoms with Crippen molar-refractivity contribution < 1.29 is 19.7 Å². The highest BCUT2D eigenvalue weighted by molar-refractivity contribution is 6.32. The van der Waals surface area contributed by atoms with Gasteiger partial charge < -0.3 is 14.9 Å². The second-order valence-corrected chi connectivity index (χ2v) is 12.3. The molecule has 0 saturated heterocycles. The summed E-state index contributed by atoms with van der Waals surface area (Å²) in [5.74, 6) is 0.302. The Hall–Kier alpha value is -4.28. The lowest BCUT2D eigenvalue weighted by molar-refractivity contribution is -0.129. The van der Waals surface area contributed by atoms with E-state index < -0.39 is 5.97 Å². The molecule has 0 saturated carbocycles. The number of hydrogen-bond donors (Lipinski definition) is 2. The van der Waals surface area contributed by atoms with E-state index in [9.17, 15) is 15.0 Å². The van der Waals surface area contributed by atoms with Crippen molar-refractivity contribution in [1.29, 1.82) is 0 Å². The number of rotatable bonds is 23. The molecule has 0 atom stereocenters. The van der Waals surface area contributed by atoms with E-state index >= 15 is 0 Å². The molecule has 2 aromatic carbocycles. The van der Waals surface area contributed by atoms with Crippen molar-refractivity contribution in [3.8, 4) is 17.2 Å².